The normalized spacial score (nSPS) is 15.6. The molecular weight excluding hydrogens is 589 g/mol. The minimum Gasteiger partial charge on any atom is -0.481 e. The van der Waals surface area contributed by atoms with Gasteiger partial charge < -0.3 is 25.3 Å². The van der Waals surface area contributed by atoms with Crippen molar-refractivity contribution in [3.8, 4) is 0 Å². The van der Waals surface area contributed by atoms with E-state index in [1.165, 1.54) is 18.2 Å². The van der Waals surface area contributed by atoms with Crippen molar-refractivity contribution < 1.29 is 38.7 Å². The molecule has 1 heterocycles. The van der Waals surface area contributed by atoms with Crippen molar-refractivity contribution in [1.82, 2.24) is 10.6 Å². The Morgan fingerprint density at radius 1 is 1.00 bits per heavy atom. The summed E-state index contributed by atoms with van der Waals surface area (Å²) < 4.78 is 4.97. The van der Waals surface area contributed by atoms with E-state index < -0.39 is 54.8 Å². The van der Waals surface area contributed by atoms with Crippen molar-refractivity contribution in [3.63, 3.8) is 0 Å². The van der Waals surface area contributed by atoms with Crippen LogP contribution in [0.15, 0.2) is 65.8 Å². The molecule has 2 amide bonds. The Bertz CT molecular complexity index is 1570. The number of Topliss-reactive ketones (excluding diaryl/α,β-unsaturated/α-hetero) is 1. The maximum absolute atomic E-state index is 13.0. The number of ether oxygens (including phenoxy) is 1. The highest BCUT2D eigenvalue weighted by molar-refractivity contribution is 6.39. The lowest BCUT2D eigenvalue weighted by atomic mass is 10.0. The molecule has 13 heteroatoms. The number of esters is 1. The molecule has 1 aliphatic rings. The van der Waals surface area contributed by atoms with Gasteiger partial charge >= 0.3 is 11.9 Å². The second kappa shape index (κ2) is 13.5. The van der Waals surface area contributed by atoms with Gasteiger partial charge in [0.05, 0.1) is 33.8 Å². The van der Waals surface area contributed by atoms with E-state index in [2.05, 4.69) is 15.8 Å². The SMILES string of the molecule is C[C@H](NC(=O)c1cccc2ccccc12)C1=NOC(C(=O)N[C@@H](CC(=O)O)C(=O)COC(=O)c2c(Cl)cccc2Cl)C1. The lowest BCUT2D eigenvalue weighted by Crippen LogP contribution is -2.48. The quantitative estimate of drug-likeness (QED) is 0.275. The molecule has 3 atom stereocenters. The lowest BCUT2D eigenvalue weighted by Gasteiger charge is -2.18. The van der Waals surface area contributed by atoms with E-state index in [4.69, 9.17) is 32.8 Å². The first-order valence-corrected chi connectivity index (χ1v) is 13.5. The molecule has 0 bridgehead atoms. The molecule has 0 radical (unpaired) electrons. The standard InChI is InChI=1S/C29H25Cl2N3O8/c1-15(32-27(38)18-9-4-7-16-6-2-3-8-17(16)18)21-12-24(42-34-21)28(39)33-22(13-25(36)37)23(35)14-41-29(40)26-19(30)10-5-11-20(26)31/h2-11,15,22,24H,12-14H2,1H3,(H,32,38)(H,33,39)(H,36,37)/t15-,22-,24?/m0/s1. The van der Waals surface area contributed by atoms with Crippen LogP contribution < -0.4 is 10.6 Å². The van der Waals surface area contributed by atoms with Crippen molar-refractivity contribution in [2.24, 2.45) is 5.16 Å². The van der Waals surface area contributed by atoms with E-state index >= 15 is 0 Å². The van der Waals surface area contributed by atoms with E-state index in [1.807, 2.05) is 30.3 Å². The zero-order valence-electron chi connectivity index (χ0n) is 22.1. The second-order valence-corrected chi connectivity index (χ2v) is 10.2. The van der Waals surface area contributed by atoms with E-state index in [0.717, 1.165) is 10.8 Å². The van der Waals surface area contributed by atoms with E-state index in [-0.39, 0.29) is 27.9 Å². The van der Waals surface area contributed by atoms with E-state index in [9.17, 15) is 29.1 Å². The topological polar surface area (TPSA) is 160 Å². The van der Waals surface area contributed by atoms with Crippen LogP contribution in [-0.4, -0.2) is 65.1 Å². The second-order valence-electron chi connectivity index (χ2n) is 9.40. The third-order valence-corrected chi connectivity index (χ3v) is 7.09. The largest absolute Gasteiger partial charge is 0.481 e. The number of nitrogens with one attached hydrogen (secondary N) is 2. The Morgan fingerprint density at radius 3 is 2.38 bits per heavy atom. The molecule has 0 fully saturated rings. The van der Waals surface area contributed by atoms with Crippen LogP contribution in [0.3, 0.4) is 0 Å². The number of fused-ring (bicyclic) bond motifs is 1. The highest BCUT2D eigenvalue weighted by Crippen LogP contribution is 2.25. The summed E-state index contributed by atoms with van der Waals surface area (Å²) in [7, 11) is 0. The Labute approximate surface area is 249 Å². The highest BCUT2D eigenvalue weighted by atomic mass is 35.5. The molecule has 0 saturated heterocycles. The van der Waals surface area contributed by atoms with Gasteiger partial charge in [-0.05, 0) is 35.9 Å². The fourth-order valence-corrected chi connectivity index (χ4v) is 4.81. The first-order chi connectivity index (χ1) is 20.0. The summed E-state index contributed by atoms with van der Waals surface area (Å²) in [6.45, 7) is 0.838. The van der Waals surface area contributed by atoms with Crippen LogP contribution in [0.1, 0.15) is 40.5 Å². The summed E-state index contributed by atoms with van der Waals surface area (Å²) in [4.78, 5) is 67.5. The van der Waals surface area contributed by atoms with Gasteiger partial charge in [-0.1, -0.05) is 70.8 Å². The minimum absolute atomic E-state index is 0.00654. The molecule has 0 saturated carbocycles. The molecular formula is C29H25Cl2N3O8. The van der Waals surface area contributed by atoms with Crippen molar-refractivity contribution in [1.29, 1.82) is 0 Å². The number of hydrogen-bond acceptors (Lipinski definition) is 8. The molecule has 3 N–H and O–H groups in total. The average molecular weight is 614 g/mol. The zero-order valence-corrected chi connectivity index (χ0v) is 23.6. The number of carboxylic acid groups (broad SMARTS) is 1. The van der Waals surface area contributed by atoms with Crippen LogP contribution in [0.25, 0.3) is 10.8 Å². The van der Waals surface area contributed by atoms with Crippen LogP contribution in [0.2, 0.25) is 10.0 Å². The van der Waals surface area contributed by atoms with Crippen molar-refractivity contribution >= 4 is 69.2 Å². The number of aliphatic carboxylic acids is 1. The molecule has 1 aliphatic heterocycles. The molecule has 3 aromatic rings. The molecule has 3 aromatic carbocycles. The maximum Gasteiger partial charge on any atom is 0.341 e. The molecule has 0 aromatic heterocycles. The molecule has 4 rings (SSSR count). The van der Waals surface area contributed by atoms with Crippen LogP contribution >= 0.6 is 23.2 Å². The molecule has 11 nitrogen and oxygen atoms in total. The van der Waals surface area contributed by atoms with Crippen molar-refractivity contribution in [2.75, 3.05) is 6.61 Å². The van der Waals surface area contributed by atoms with Gasteiger partial charge in [0, 0.05) is 12.0 Å². The first-order valence-electron chi connectivity index (χ1n) is 12.7. The van der Waals surface area contributed by atoms with Crippen LogP contribution in [0.4, 0.5) is 0 Å². The molecule has 218 valence electrons. The summed E-state index contributed by atoms with van der Waals surface area (Å²) >= 11 is 12.0. The number of carboxylic acids is 1. The van der Waals surface area contributed by atoms with E-state index in [0.29, 0.717) is 11.3 Å². The Morgan fingerprint density at radius 2 is 1.67 bits per heavy atom. The Hall–Kier alpha value is -4.48. The van der Waals surface area contributed by atoms with Crippen molar-refractivity contribution in [2.45, 2.75) is 38.0 Å². The summed E-state index contributed by atoms with van der Waals surface area (Å²) in [6.07, 6.45) is -1.96. The van der Waals surface area contributed by atoms with Gasteiger partial charge in [-0.3, -0.25) is 19.2 Å². The van der Waals surface area contributed by atoms with Gasteiger partial charge in [0.2, 0.25) is 6.10 Å². The number of ketones is 1. The van der Waals surface area contributed by atoms with Gasteiger partial charge in [0.25, 0.3) is 11.8 Å². The third kappa shape index (κ3) is 7.23. The van der Waals surface area contributed by atoms with Crippen LogP contribution in [0.5, 0.6) is 0 Å². The van der Waals surface area contributed by atoms with Crippen LogP contribution in [0, 0.1) is 0 Å². The number of hydrogen-bond donors (Lipinski definition) is 3. The number of carbonyl (C=O) groups excluding carboxylic acids is 4. The van der Waals surface area contributed by atoms with Crippen molar-refractivity contribution in [3.05, 3.63) is 81.8 Å². The summed E-state index contributed by atoms with van der Waals surface area (Å²) in [5.74, 6) is -4.38. The van der Waals surface area contributed by atoms with Crippen LogP contribution in [-0.2, 0) is 24.0 Å². The number of nitrogens with zero attached hydrogens (tertiary/aromatic N) is 1. The zero-order chi connectivity index (χ0) is 30.4. The summed E-state index contributed by atoms with van der Waals surface area (Å²) in [5.41, 5.74) is 0.690. The van der Waals surface area contributed by atoms with Gasteiger partial charge in [0.15, 0.2) is 12.4 Å². The first kappa shape index (κ1) is 30.5. The summed E-state index contributed by atoms with van der Waals surface area (Å²) in [6, 6.07) is 15.0. The number of benzene rings is 3. The minimum atomic E-state index is -1.53. The van der Waals surface area contributed by atoms with Gasteiger partial charge in [-0.25, -0.2) is 4.79 Å². The van der Waals surface area contributed by atoms with Gasteiger partial charge in [-0.2, -0.15) is 0 Å². The monoisotopic (exact) mass is 613 g/mol. The predicted octanol–water partition coefficient (Wildman–Crippen LogP) is 3.80. The number of amides is 2. The molecule has 42 heavy (non-hydrogen) atoms. The molecule has 1 unspecified atom stereocenters. The third-order valence-electron chi connectivity index (χ3n) is 6.46. The predicted molar refractivity (Wildman–Crippen MR) is 154 cm³/mol. The van der Waals surface area contributed by atoms with Gasteiger partial charge in [-0.15, -0.1) is 0 Å². The number of carbonyl (C=O) groups is 5. The highest BCUT2D eigenvalue weighted by Gasteiger charge is 2.34. The number of halogens is 2. The number of rotatable bonds is 11. The van der Waals surface area contributed by atoms with Gasteiger partial charge in [0.1, 0.15) is 6.04 Å². The fraction of sp³-hybridized carbons (Fsp3) is 0.241. The maximum atomic E-state index is 13.0. The molecule has 0 spiro atoms. The Kier molecular flexibility index (Phi) is 9.76. The Balaban J connectivity index is 1.33. The summed E-state index contributed by atoms with van der Waals surface area (Å²) in [5, 5.41) is 20.0. The number of oxime groups is 1. The smallest absolute Gasteiger partial charge is 0.341 e. The average Bonchev–Trinajstić information content (AvgIpc) is 3.46. The lowest BCUT2D eigenvalue weighted by molar-refractivity contribution is -0.142. The molecule has 0 aliphatic carbocycles. The fourth-order valence-electron chi connectivity index (χ4n) is 4.26. The van der Waals surface area contributed by atoms with E-state index in [1.54, 1.807) is 19.1 Å².